The third-order valence-corrected chi connectivity index (χ3v) is 9.21. The third kappa shape index (κ3) is 4.71. The molecule has 0 unspecified atom stereocenters. The van der Waals surface area contributed by atoms with Crippen LogP contribution in [0.2, 0.25) is 0 Å². The Morgan fingerprint density at radius 2 is 1.85 bits per heavy atom. The highest BCUT2D eigenvalue weighted by atomic mass is 32.2. The number of aryl methyl sites for hydroxylation is 1. The van der Waals surface area contributed by atoms with Crippen molar-refractivity contribution >= 4 is 37.3 Å². The van der Waals surface area contributed by atoms with Gasteiger partial charge in [0.25, 0.3) is 5.91 Å². The van der Waals surface area contributed by atoms with Gasteiger partial charge in [-0.3, -0.25) is 10.0 Å². The molecule has 0 spiro atoms. The Kier molecular flexibility index (Phi) is 6.50. The summed E-state index contributed by atoms with van der Waals surface area (Å²) < 4.78 is 28.5. The SMILES string of the molecule is C[C@@](CCc1nc2ccc(C#Cc3ccc(C4(O)COC4)cc3)cc2s1)(C(=O)NO)S(C)(=O)=O. The first-order chi connectivity index (χ1) is 16.0. The Labute approximate surface area is 201 Å². The molecule has 2 aromatic carbocycles. The zero-order chi connectivity index (χ0) is 24.6. The lowest BCUT2D eigenvalue weighted by Crippen LogP contribution is -2.49. The number of aliphatic hydroxyl groups is 1. The summed E-state index contributed by atoms with van der Waals surface area (Å²) in [6, 6.07) is 13.1. The number of nitrogens with zero attached hydrogens (tertiary/aromatic N) is 1. The van der Waals surface area contributed by atoms with Gasteiger partial charge < -0.3 is 9.84 Å². The monoisotopic (exact) mass is 500 g/mol. The summed E-state index contributed by atoms with van der Waals surface area (Å²) in [5, 5.41) is 20.0. The molecule has 2 heterocycles. The molecule has 34 heavy (non-hydrogen) atoms. The van der Waals surface area contributed by atoms with E-state index in [0.29, 0.717) is 18.2 Å². The molecule has 1 saturated heterocycles. The Morgan fingerprint density at radius 1 is 1.21 bits per heavy atom. The summed E-state index contributed by atoms with van der Waals surface area (Å²) in [7, 11) is -3.76. The van der Waals surface area contributed by atoms with Crippen LogP contribution in [-0.2, 0) is 31.4 Å². The molecule has 3 aromatic rings. The fraction of sp³-hybridized carbons (Fsp3) is 0.333. The molecule has 0 bridgehead atoms. The number of carbonyl (C=O) groups excluding carboxylic acids is 1. The van der Waals surface area contributed by atoms with Gasteiger partial charge in [0.1, 0.15) is 10.3 Å². The van der Waals surface area contributed by atoms with E-state index in [2.05, 4.69) is 16.8 Å². The van der Waals surface area contributed by atoms with E-state index in [-0.39, 0.29) is 12.8 Å². The van der Waals surface area contributed by atoms with E-state index in [4.69, 9.17) is 9.94 Å². The molecule has 4 rings (SSSR count). The van der Waals surface area contributed by atoms with E-state index >= 15 is 0 Å². The second-order valence-corrected chi connectivity index (χ2v) is 12.1. The quantitative estimate of drug-likeness (QED) is 0.269. The second kappa shape index (κ2) is 9.09. The Bertz CT molecular complexity index is 1400. The van der Waals surface area contributed by atoms with Gasteiger partial charge >= 0.3 is 0 Å². The van der Waals surface area contributed by atoms with Crippen LogP contribution < -0.4 is 5.48 Å². The van der Waals surface area contributed by atoms with E-state index < -0.39 is 26.1 Å². The van der Waals surface area contributed by atoms with Gasteiger partial charge in [-0.05, 0) is 49.2 Å². The Balaban J connectivity index is 1.49. The number of hydrogen-bond acceptors (Lipinski definition) is 8. The van der Waals surface area contributed by atoms with Gasteiger partial charge in [-0.25, -0.2) is 18.9 Å². The maximum absolute atomic E-state index is 12.1. The largest absolute Gasteiger partial charge is 0.380 e. The number of amides is 1. The zero-order valence-electron chi connectivity index (χ0n) is 18.7. The highest BCUT2D eigenvalue weighted by molar-refractivity contribution is 7.92. The van der Waals surface area contributed by atoms with Crippen molar-refractivity contribution in [1.29, 1.82) is 0 Å². The van der Waals surface area contributed by atoms with Crippen molar-refractivity contribution in [3.05, 3.63) is 64.2 Å². The van der Waals surface area contributed by atoms with E-state index in [0.717, 1.165) is 33.2 Å². The second-order valence-electron chi connectivity index (χ2n) is 8.59. The molecule has 0 radical (unpaired) electrons. The van der Waals surface area contributed by atoms with Crippen molar-refractivity contribution in [2.75, 3.05) is 19.5 Å². The van der Waals surface area contributed by atoms with Crippen molar-refractivity contribution in [3.63, 3.8) is 0 Å². The molecule has 3 N–H and O–H groups in total. The molecule has 0 saturated carbocycles. The lowest BCUT2D eigenvalue weighted by molar-refractivity contribution is -0.184. The molecular weight excluding hydrogens is 476 g/mol. The van der Waals surface area contributed by atoms with Crippen molar-refractivity contribution in [2.45, 2.75) is 30.1 Å². The van der Waals surface area contributed by atoms with E-state index in [1.165, 1.54) is 23.7 Å². The maximum Gasteiger partial charge on any atom is 0.264 e. The van der Waals surface area contributed by atoms with Gasteiger partial charge in [0.2, 0.25) is 0 Å². The molecule has 0 aliphatic carbocycles. The molecule has 1 aromatic heterocycles. The molecular formula is C24H24N2O6S2. The molecule has 1 fully saturated rings. The van der Waals surface area contributed by atoms with Crippen molar-refractivity contribution < 1.29 is 28.3 Å². The Hall–Kier alpha value is -2.81. The van der Waals surface area contributed by atoms with Crippen molar-refractivity contribution in [2.24, 2.45) is 0 Å². The minimum absolute atomic E-state index is 0.0119. The summed E-state index contributed by atoms with van der Waals surface area (Å²) in [6.45, 7) is 1.90. The Morgan fingerprint density at radius 3 is 2.44 bits per heavy atom. The number of hydrogen-bond donors (Lipinski definition) is 3. The number of hydroxylamine groups is 1. The van der Waals surface area contributed by atoms with Crippen LogP contribution in [0.4, 0.5) is 0 Å². The summed E-state index contributed by atoms with van der Waals surface area (Å²) in [4.78, 5) is 16.5. The van der Waals surface area contributed by atoms with Gasteiger partial charge in [-0.2, -0.15) is 0 Å². The van der Waals surface area contributed by atoms with E-state index in [1.54, 1.807) is 0 Å². The number of sulfone groups is 1. The van der Waals surface area contributed by atoms with Crippen LogP contribution in [0.5, 0.6) is 0 Å². The van der Waals surface area contributed by atoms with Crippen LogP contribution in [0.3, 0.4) is 0 Å². The van der Waals surface area contributed by atoms with Crippen LogP contribution in [0.25, 0.3) is 10.2 Å². The summed E-state index contributed by atoms with van der Waals surface area (Å²) in [5.74, 6) is 5.28. The number of aromatic nitrogens is 1. The predicted molar refractivity (Wildman–Crippen MR) is 128 cm³/mol. The number of carbonyl (C=O) groups is 1. The fourth-order valence-electron chi connectivity index (χ4n) is 3.56. The predicted octanol–water partition coefficient (Wildman–Crippen LogP) is 2.16. The molecule has 10 heteroatoms. The van der Waals surface area contributed by atoms with Gasteiger partial charge in [0, 0.05) is 23.8 Å². The van der Waals surface area contributed by atoms with E-state index in [9.17, 15) is 18.3 Å². The lowest BCUT2D eigenvalue weighted by Gasteiger charge is -2.36. The fourth-order valence-corrected chi connectivity index (χ4v) is 5.42. The normalized spacial score (nSPS) is 16.7. The molecule has 8 nitrogen and oxygen atoms in total. The summed E-state index contributed by atoms with van der Waals surface area (Å²) in [5.41, 5.74) is 3.75. The molecule has 1 aliphatic heterocycles. The molecule has 178 valence electrons. The first kappa shape index (κ1) is 24.3. The topological polar surface area (TPSA) is 126 Å². The lowest BCUT2D eigenvalue weighted by atomic mass is 9.91. The number of ether oxygens (including phenoxy) is 1. The van der Waals surface area contributed by atoms with Crippen molar-refractivity contribution in [1.82, 2.24) is 10.5 Å². The zero-order valence-corrected chi connectivity index (χ0v) is 20.3. The molecule has 1 aliphatic rings. The van der Waals surface area contributed by atoms with Gasteiger partial charge in [-0.15, -0.1) is 11.3 Å². The number of nitrogens with one attached hydrogen (secondary N) is 1. The highest BCUT2D eigenvalue weighted by Crippen LogP contribution is 2.30. The molecule has 1 amide bonds. The van der Waals surface area contributed by atoms with Gasteiger partial charge in [0.15, 0.2) is 9.84 Å². The average Bonchev–Trinajstić information content (AvgIpc) is 3.21. The maximum atomic E-state index is 12.1. The summed E-state index contributed by atoms with van der Waals surface area (Å²) >= 11 is 1.41. The van der Waals surface area contributed by atoms with Crippen LogP contribution in [-0.4, -0.2) is 53.8 Å². The first-order valence-electron chi connectivity index (χ1n) is 10.5. The van der Waals surface area contributed by atoms with Crippen LogP contribution in [0, 0.1) is 11.8 Å². The average molecular weight is 501 g/mol. The van der Waals surface area contributed by atoms with E-state index in [1.807, 2.05) is 42.5 Å². The summed E-state index contributed by atoms with van der Waals surface area (Å²) in [6.07, 6.45) is 1.23. The third-order valence-electron chi connectivity index (χ3n) is 6.10. The minimum atomic E-state index is -3.76. The standard InChI is InChI=1S/C24H24N2O6S2/c1-23(22(27)26-29,34(2,30)31)12-11-21-25-19-10-7-17(13-20(19)33-21)4-3-16-5-8-18(9-6-16)24(28)14-32-15-24/h5-10,13,28-29H,11-12,14-15H2,1-2H3,(H,26,27)/t23-/m1/s1. The van der Waals surface area contributed by atoms with Crippen LogP contribution >= 0.6 is 11.3 Å². The van der Waals surface area contributed by atoms with Gasteiger partial charge in [-0.1, -0.05) is 24.0 Å². The van der Waals surface area contributed by atoms with Gasteiger partial charge in [0.05, 0.1) is 28.4 Å². The van der Waals surface area contributed by atoms with Crippen molar-refractivity contribution in [3.8, 4) is 11.8 Å². The minimum Gasteiger partial charge on any atom is -0.380 e. The number of thiazole rings is 1. The smallest absolute Gasteiger partial charge is 0.264 e. The number of rotatable bonds is 6. The first-order valence-corrected chi connectivity index (χ1v) is 13.2. The van der Waals surface area contributed by atoms with Crippen LogP contribution in [0.1, 0.15) is 35.0 Å². The number of benzene rings is 2. The van der Waals surface area contributed by atoms with Crippen LogP contribution in [0.15, 0.2) is 42.5 Å². The molecule has 1 atom stereocenters. The highest BCUT2D eigenvalue weighted by Gasteiger charge is 2.43. The number of fused-ring (bicyclic) bond motifs is 1.